The number of unbranched alkanes of at least 4 members (excludes halogenated alkanes) is 5. The second kappa shape index (κ2) is 10.7. The molecular weight excluding hydrogens is 240 g/mol. The van der Waals surface area contributed by atoms with Gasteiger partial charge in [-0.3, -0.25) is 0 Å². The molecule has 0 rings (SSSR count). The van der Waals surface area contributed by atoms with Crippen molar-refractivity contribution in [1.82, 2.24) is 0 Å². The highest BCUT2D eigenvalue weighted by atomic mass is 16.7. The highest BCUT2D eigenvalue weighted by Gasteiger charge is 2.15. The van der Waals surface area contributed by atoms with Crippen LogP contribution < -0.4 is 0 Å². The Balaban J connectivity index is 3.71. The average molecular weight is 262 g/mol. The van der Waals surface area contributed by atoms with Crippen LogP contribution in [0.15, 0.2) is 0 Å². The Labute approximate surface area is 107 Å². The maximum atomic E-state index is 10.4. The summed E-state index contributed by atoms with van der Waals surface area (Å²) < 4.78 is 8.89. The van der Waals surface area contributed by atoms with Crippen molar-refractivity contribution in [3.8, 4) is 0 Å². The van der Waals surface area contributed by atoms with Crippen molar-refractivity contribution in [1.29, 1.82) is 0 Å². The van der Waals surface area contributed by atoms with E-state index in [0.717, 1.165) is 19.3 Å². The number of rotatable bonds is 10. The molecule has 0 aliphatic carbocycles. The van der Waals surface area contributed by atoms with Gasteiger partial charge in [0.15, 0.2) is 0 Å². The van der Waals surface area contributed by atoms with Gasteiger partial charge < -0.3 is 19.7 Å². The van der Waals surface area contributed by atoms with Gasteiger partial charge in [0.25, 0.3) is 0 Å². The highest BCUT2D eigenvalue weighted by Crippen LogP contribution is 2.11. The molecular formula is C12H22O6. The topological polar surface area (TPSA) is 93.1 Å². The van der Waals surface area contributed by atoms with Crippen LogP contribution in [0.2, 0.25) is 0 Å². The third-order valence-corrected chi connectivity index (χ3v) is 2.54. The smallest absolute Gasteiger partial charge is 0.450 e. The average Bonchev–Trinajstić information content (AvgIpc) is 2.29. The van der Waals surface area contributed by atoms with Crippen molar-refractivity contribution < 1.29 is 29.3 Å². The molecule has 0 aromatic carbocycles. The zero-order valence-corrected chi connectivity index (χ0v) is 10.8. The zero-order chi connectivity index (χ0) is 13.8. The Hall–Kier alpha value is -1.46. The molecule has 106 valence electrons. The molecule has 0 amide bonds. The van der Waals surface area contributed by atoms with E-state index in [-0.39, 0.29) is 6.61 Å². The van der Waals surface area contributed by atoms with Gasteiger partial charge in [-0.15, -0.1) is 0 Å². The summed E-state index contributed by atoms with van der Waals surface area (Å²) in [6, 6.07) is 0. The summed E-state index contributed by atoms with van der Waals surface area (Å²) in [5.74, 6) is 0. The van der Waals surface area contributed by atoms with Crippen molar-refractivity contribution in [2.45, 2.75) is 58.0 Å². The molecule has 18 heavy (non-hydrogen) atoms. The van der Waals surface area contributed by atoms with E-state index in [2.05, 4.69) is 16.4 Å². The SMILES string of the molecule is CCCCCCCCC(COC(=O)O)OC(=O)O. The van der Waals surface area contributed by atoms with Crippen LogP contribution in [0.1, 0.15) is 51.9 Å². The number of ether oxygens (including phenoxy) is 2. The van der Waals surface area contributed by atoms with E-state index >= 15 is 0 Å². The van der Waals surface area contributed by atoms with Crippen LogP contribution >= 0.6 is 0 Å². The Morgan fingerprint density at radius 2 is 1.61 bits per heavy atom. The second-order valence-electron chi connectivity index (χ2n) is 4.14. The van der Waals surface area contributed by atoms with Crippen molar-refractivity contribution >= 4 is 12.3 Å². The lowest BCUT2D eigenvalue weighted by Crippen LogP contribution is -2.24. The van der Waals surface area contributed by atoms with Crippen LogP contribution in [0.25, 0.3) is 0 Å². The van der Waals surface area contributed by atoms with E-state index < -0.39 is 18.4 Å². The fraction of sp³-hybridized carbons (Fsp3) is 0.833. The summed E-state index contributed by atoms with van der Waals surface area (Å²) in [4.78, 5) is 20.6. The molecule has 6 heteroatoms. The van der Waals surface area contributed by atoms with Gasteiger partial charge in [0.2, 0.25) is 0 Å². The fourth-order valence-corrected chi connectivity index (χ4v) is 1.64. The summed E-state index contributed by atoms with van der Waals surface area (Å²) in [5, 5.41) is 16.8. The number of hydrogen-bond acceptors (Lipinski definition) is 4. The van der Waals surface area contributed by atoms with Crippen LogP contribution in [-0.2, 0) is 9.47 Å². The molecule has 0 heterocycles. The van der Waals surface area contributed by atoms with Crippen LogP contribution in [0.4, 0.5) is 9.59 Å². The first kappa shape index (κ1) is 16.5. The number of carboxylic acid groups (broad SMARTS) is 2. The molecule has 0 saturated carbocycles. The third kappa shape index (κ3) is 11.0. The van der Waals surface area contributed by atoms with Crippen LogP contribution in [0.3, 0.4) is 0 Å². The van der Waals surface area contributed by atoms with Crippen molar-refractivity contribution in [2.75, 3.05) is 6.61 Å². The van der Waals surface area contributed by atoms with Gasteiger partial charge in [0.1, 0.15) is 12.7 Å². The molecule has 1 unspecified atom stereocenters. The second-order valence-corrected chi connectivity index (χ2v) is 4.14. The number of hydrogen-bond donors (Lipinski definition) is 2. The maximum absolute atomic E-state index is 10.4. The molecule has 0 spiro atoms. The Morgan fingerprint density at radius 3 is 2.17 bits per heavy atom. The van der Waals surface area contributed by atoms with Gasteiger partial charge in [0, 0.05) is 0 Å². The first-order valence-electron chi connectivity index (χ1n) is 6.31. The predicted molar refractivity (Wildman–Crippen MR) is 64.9 cm³/mol. The Morgan fingerprint density at radius 1 is 1.00 bits per heavy atom. The third-order valence-electron chi connectivity index (χ3n) is 2.54. The first-order valence-corrected chi connectivity index (χ1v) is 6.31. The summed E-state index contributed by atoms with van der Waals surface area (Å²) in [7, 11) is 0. The summed E-state index contributed by atoms with van der Waals surface area (Å²) >= 11 is 0. The van der Waals surface area contributed by atoms with Gasteiger partial charge >= 0.3 is 12.3 Å². The molecule has 0 aliphatic rings. The molecule has 0 bridgehead atoms. The van der Waals surface area contributed by atoms with E-state index in [9.17, 15) is 9.59 Å². The van der Waals surface area contributed by atoms with Gasteiger partial charge in [-0.2, -0.15) is 0 Å². The molecule has 0 aromatic heterocycles. The normalized spacial score (nSPS) is 11.8. The van der Waals surface area contributed by atoms with Crippen molar-refractivity contribution in [3.63, 3.8) is 0 Å². The van der Waals surface area contributed by atoms with Crippen molar-refractivity contribution in [2.24, 2.45) is 0 Å². The van der Waals surface area contributed by atoms with Crippen LogP contribution in [0.5, 0.6) is 0 Å². The minimum absolute atomic E-state index is 0.239. The van der Waals surface area contributed by atoms with Gasteiger partial charge in [-0.1, -0.05) is 39.0 Å². The largest absolute Gasteiger partial charge is 0.506 e. The maximum Gasteiger partial charge on any atom is 0.506 e. The minimum Gasteiger partial charge on any atom is -0.450 e. The lowest BCUT2D eigenvalue weighted by molar-refractivity contribution is 0.00102. The van der Waals surface area contributed by atoms with E-state index in [1.54, 1.807) is 0 Å². The lowest BCUT2D eigenvalue weighted by Gasteiger charge is -2.14. The minimum atomic E-state index is -1.42. The fourth-order valence-electron chi connectivity index (χ4n) is 1.64. The summed E-state index contributed by atoms with van der Waals surface area (Å²) in [5.41, 5.74) is 0. The Bertz CT molecular complexity index is 241. The standard InChI is InChI=1S/C12H22O6/c1-2-3-4-5-6-7-8-10(18-12(15)16)9-17-11(13)14/h10H,2-9H2,1H3,(H,13,14)(H,15,16). The summed E-state index contributed by atoms with van der Waals surface area (Å²) in [6.07, 6.45) is 3.43. The van der Waals surface area contributed by atoms with Gasteiger partial charge in [-0.05, 0) is 12.8 Å². The Kier molecular flexibility index (Phi) is 9.81. The van der Waals surface area contributed by atoms with Gasteiger partial charge in [0.05, 0.1) is 0 Å². The monoisotopic (exact) mass is 262 g/mol. The van der Waals surface area contributed by atoms with E-state index in [4.69, 9.17) is 10.2 Å². The molecule has 1 atom stereocenters. The predicted octanol–water partition coefficient (Wildman–Crippen LogP) is 3.49. The molecule has 0 aliphatic heterocycles. The molecule has 2 N–H and O–H groups in total. The van der Waals surface area contributed by atoms with Gasteiger partial charge in [-0.25, -0.2) is 9.59 Å². The van der Waals surface area contributed by atoms with E-state index in [1.165, 1.54) is 19.3 Å². The highest BCUT2D eigenvalue weighted by molar-refractivity contribution is 5.58. The zero-order valence-electron chi connectivity index (χ0n) is 10.8. The lowest BCUT2D eigenvalue weighted by atomic mass is 10.1. The molecule has 0 radical (unpaired) electrons. The van der Waals surface area contributed by atoms with Crippen LogP contribution in [0, 0.1) is 0 Å². The van der Waals surface area contributed by atoms with Crippen LogP contribution in [-0.4, -0.2) is 35.2 Å². The molecule has 0 saturated heterocycles. The van der Waals surface area contributed by atoms with E-state index in [0.29, 0.717) is 6.42 Å². The number of carbonyl (C=O) groups is 2. The molecule has 0 fully saturated rings. The first-order chi connectivity index (χ1) is 8.56. The quantitative estimate of drug-likeness (QED) is 0.462. The molecule has 6 nitrogen and oxygen atoms in total. The summed E-state index contributed by atoms with van der Waals surface area (Å²) in [6.45, 7) is 1.90. The molecule has 0 aromatic rings. The van der Waals surface area contributed by atoms with E-state index in [1.807, 2.05) is 0 Å². The van der Waals surface area contributed by atoms with Crippen molar-refractivity contribution in [3.05, 3.63) is 0 Å².